The van der Waals surface area contributed by atoms with Gasteiger partial charge >= 0.3 is 0 Å². The number of hydrogen-bond acceptors (Lipinski definition) is 2. The predicted molar refractivity (Wildman–Crippen MR) is 40.2 cm³/mol. The molecule has 2 heteroatoms. The van der Waals surface area contributed by atoms with Crippen molar-refractivity contribution >= 4 is 16.9 Å². The van der Waals surface area contributed by atoms with E-state index in [0.717, 1.165) is 12.8 Å². The number of carbonyl (C=O) groups is 1. The largest absolute Gasteiger partial charge is 0.287 e. The Kier molecular flexibility index (Phi) is 2.58. The van der Waals surface area contributed by atoms with E-state index in [-0.39, 0.29) is 0 Å². The van der Waals surface area contributed by atoms with E-state index in [9.17, 15) is 4.79 Å². The minimum atomic E-state index is 0.341. The van der Waals surface area contributed by atoms with E-state index in [1.54, 1.807) is 0 Å². The molecule has 0 atom stereocenters. The molecule has 0 aromatic rings. The van der Waals surface area contributed by atoms with Gasteiger partial charge in [-0.05, 0) is 19.3 Å². The highest BCUT2D eigenvalue weighted by molar-refractivity contribution is 8.14. The third-order valence-electron chi connectivity index (χ3n) is 1.45. The van der Waals surface area contributed by atoms with Gasteiger partial charge in [-0.1, -0.05) is 18.7 Å². The minimum Gasteiger partial charge on any atom is -0.287 e. The van der Waals surface area contributed by atoms with Crippen molar-refractivity contribution < 1.29 is 4.79 Å². The lowest BCUT2D eigenvalue weighted by Gasteiger charge is -2.22. The molecule has 1 rings (SSSR count). The summed E-state index contributed by atoms with van der Waals surface area (Å²) >= 11 is 1.52. The average Bonchev–Trinajstić information content (AvgIpc) is 1.78. The maximum atomic E-state index is 10.8. The van der Waals surface area contributed by atoms with Crippen molar-refractivity contribution in [2.45, 2.75) is 31.4 Å². The smallest absolute Gasteiger partial charge is 0.188 e. The van der Waals surface area contributed by atoms with Gasteiger partial charge < -0.3 is 0 Å². The van der Waals surface area contributed by atoms with Crippen LogP contribution in [0, 0.1) is 6.42 Å². The Bertz CT molecular complexity index is 107. The van der Waals surface area contributed by atoms with Crippen LogP contribution < -0.4 is 0 Å². The lowest BCUT2D eigenvalue weighted by molar-refractivity contribution is -0.110. The van der Waals surface area contributed by atoms with Gasteiger partial charge in [0.25, 0.3) is 0 Å². The average molecular weight is 143 g/mol. The van der Waals surface area contributed by atoms with Gasteiger partial charge in [-0.15, -0.1) is 0 Å². The number of hydrogen-bond donors (Lipinski definition) is 0. The third kappa shape index (κ3) is 2.01. The van der Waals surface area contributed by atoms with E-state index in [4.69, 9.17) is 0 Å². The fraction of sp³-hybridized carbons (Fsp3) is 0.714. The quantitative estimate of drug-likeness (QED) is 0.588. The SMILES string of the molecule is CCC(=O)SC1C[CH]C1. The molecular weight excluding hydrogens is 132 g/mol. The van der Waals surface area contributed by atoms with E-state index >= 15 is 0 Å². The van der Waals surface area contributed by atoms with Crippen molar-refractivity contribution in [3.63, 3.8) is 0 Å². The van der Waals surface area contributed by atoms with E-state index in [1.807, 2.05) is 6.92 Å². The summed E-state index contributed by atoms with van der Waals surface area (Å²) in [7, 11) is 0. The van der Waals surface area contributed by atoms with E-state index in [0.29, 0.717) is 16.8 Å². The lowest BCUT2D eigenvalue weighted by Crippen LogP contribution is -2.16. The first-order valence-corrected chi connectivity index (χ1v) is 4.22. The van der Waals surface area contributed by atoms with Crippen LogP contribution in [0.5, 0.6) is 0 Å². The van der Waals surface area contributed by atoms with Crippen LogP contribution in [-0.4, -0.2) is 10.4 Å². The van der Waals surface area contributed by atoms with Gasteiger partial charge in [0, 0.05) is 11.7 Å². The molecule has 0 bridgehead atoms. The first-order chi connectivity index (χ1) is 4.33. The van der Waals surface area contributed by atoms with E-state index in [2.05, 4.69) is 6.42 Å². The Morgan fingerprint density at radius 2 is 2.44 bits per heavy atom. The van der Waals surface area contributed by atoms with Crippen LogP contribution in [-0.2, 0) is 4.79 Å². The molecule has 0 spiro atoms. The topological polar surface area (TPSA) is 17.1 Å². The van der Waals surface area contributed by atoms with Gasteiger partial charge in [0.05, 0.1) is 0 Å². The first kappa shape index (κ1) is 7.13. The van der Waals surface area contributed by atoms with Crippen LogP contribution in [0.1, 0.15) is 26.2 Å². The molecule has 51 valence electrons. The second kappa shape index (κ2) is 3.25. The molecule has 1 radical (unpaired) electrons. The molecule has 1 aliphatic carbocycles. The van der Waals surface area contributed by atoms with Crippen LogP contribution in [0.15, 0.2) is 0 Å². The highest BCUT2D eigenvalue weighted by atomic mass is 32.2. The summed E-state index contributed by atoms with van der Waals surface area (Å²) in [5, 5.41) is 0.963. The second-order valence-corrected chi connectivity index (χ2v) is 3.58. The number of rotatable bonds is 2. The fourth-order valence-corrected chi connectivity index (χ4v) is 1.67. The van der Waals surface area contributed by atoms with Crippen molar-refractivity contribution in [1.29, 1.82) is 0 Å². The zero-order valence-corrected chi connectivity index (χ0v) is 6.41. The van der Waals surface area contributed by atoms with E-state index in [1.165, 1.54) is 11.8 Å². The maximum Gasteiger partial charge on any atom is 0.188 e. The molecule has 0 aromatic heterocycles. The Hall–Kier alpha value is 0.0200. The molecule has 0 saturated heterocycles. The maximum absolute atomic E-state index is 10.8. The first-order valence-electron chi connectivity index (χ1n) is 3.34. The Morgan fingerprint density at radius 1 is 1.78 bits per heavy atom. The standard InChI is InChI=1S/C7H11OS/c1-2-7(8)9-6-4-3-5-6/h3,6H,2,4-5H2,1H3. The monoisotopic (exact) mass is 143 g/mol. The highest BCUT2D eigenvalue weighted by Crippen LogP contribution is 2.31. The number of carbonyl (C=O) groups excluding carboxylic acids is 1. The summed E-state index contributed by atoms with van der Waals surface area (Å²) in [6.45, 7) is 1.91. The van der Waals surface area contributed by atoms with Crippen LogP contribution in [0.4, 0.5) is 0 Å². The van der Waals surface area contributed by atoms with Gasteiger partial charge in [0.1, 0.15) is 0 Å². The Balaban J connectivity index is 2.09. The van der Waals surface area contributed by atoms with Crippen molar-refractivity contribution in [3.8, 4) is 0 Å². The second-order valence-electron chi connectivity index (χ2n) is 2.23. The molecule has 1 fully saturated rings. The van der Waals surface area contributed by atoms with Crippen molar-refractivity contribution in [3.05, 3.63) is 6.42 Å². The van der Waals surface area contributed by atoms with Crippen molar-refractivity contribution in [2.75, 3.05) is 0 Å². The molecular formula is C7H11OS. The molecule has 0 unspecified atom stereocenters. The molecule has 0 heterocycles. The lowest BCUT2D eigenvalue weighted by atomic mass is 10.0. The molecule has 0 aliphatic heterocycles. The molecule has 0 N–H and O–H groups in total. The molecule has 1 saturated carbocycles. The molecule has 0 aromatic carbocycles. The van der Waals surface area contributed by atoms with Gasteiger partial charge in [0.2, 0.25) is 0 Å². The predicted octanol–water partition coefficient (Wildman–Crippen LogP) is 2.02. The van der Waals surface area contributed by atoms with Gasteiger partial charge in [-0.3, -0.25) is 4.79 Å². The summed E-state index contributed by atoms with van der Waals surface area (Å²) in [6.07, 6.45) is 5.18. The molecule has 0 amide bonds. The summed E-state index contributed by atoms with van der Waals surface area (Å²) in [4.78, 5) is 10.8. The van der Waals surface area contributed by atoms with E-state index < -0.39 is 0 Å². The van der Waals surface area contributed by atoms with Gasteiger partial charge in [-0.2, -0.15) is 0 Å². The van der Waals surface area contributed by atoms with Gasteiger partial charge in [0.15, 0.2) is 5.12 Å². The summed E-state index contributed by atoms with van der Waals surface area (Å²) in [5.74, 6) is 0. The van der Waals surface area contributed by atoms with Crippen LogP contribution in [0.3, 0.4) is 0 Å². The zero-order valence-electron chi connectivity index (χ0n) is 5.59. The summed E-state index contributed by atoms with van der Waals surface area (Å²) in [6, 6.07) is 0. The Labute approximate surface area is 60.2 Å². The van der Waals surface area contributed by atoms with Crippen LogP contribution in [0.25, 0.3) is 0 Å². The zero-order chi connectivity index (χ0) is 6.69. The third-order valence-corrected chi connectivity index (χ3v) is 2.72. The van der Waals surface area contributed by atoms with Crippen molar-refractivity contribution in [1.82, 2.24) is 0 Å². The molecule has 1 nitrogen and oxygen atoms in total. The normalized spacial score (nSPS) is 19.2. The van der Waals surface area contributed by atoms with Gasteiger partial charge in [-0.25, -0.2) is 0 Å². The highest BCUT2D eigenvalue weighted by Gasteiger charge is 2.20. The number of thioether (sulfide) groups is 1. The summed E-state index contributed by atoms with van der Waals surface area (Å²) in [5.41, 5.74) is 0. The molecule has 9 heavy (non-hydrogen) atoms. The Morgan fingerprint density at radius 3 is 2.78 bits per heavy atom. The minimum absolute atomic E-state index is 0.341. The fourth-order valence-electron chi connectivity index (χ4n) is 0.668. The van der Waals surface area contributed by atoms with Crippen molar-refractivity contribution in [2.24, 2.45) is 0 Å². The van der Waals surface area contributed by atoms with Crippen LogP contribution in [0.2, 0.25) is 0 Å². The van der Waals surface area contributed by atoms with Crippen LogP contribution >= 0.6 is 11.8 Å². The molecule has 1 aliphatic rings. The summed E-state index contributed by atoms with van der Waals surface area (Å²) < 4.78 is 0.